The number of piperazine rings is 1. The zero-order valence-electron chi connectivity index (χ0n) is 17.4. The lowest BCUT2D eigenvalue weighted by Crippen LogP contribution is -2.49. The Bertz CT molecular complexity index is 1050. The monoisotopic (exact) mass is 438 g/mol. The number of anilines is 1. The molecule has 0 aliphatic carbocycles. The number of nitrogens with zero attached hydrogens (tertiary/aromatic N) is 4. The van der Waals surface area contributed by atoms with E-state index in [9.17, 15) is 4.79 Å². The van der Waals surface area contributed by atoms with Gasteiger partial charge >= 0.3 is 0 Å². The summed E-state index contributed by atoms with van der Waals surface area (Å²) in [6.07, 6.45) is 0. The minimum Gasteiger partial charge on any atom is -0.493 e. The summed E-state index contributed by atoms with van der Waals surface area (Å²) in [6.45, 7) is 2.51. The van der Waals surface area contributed by atoms with E-state index in [0.717, 1.165) is 17.1 Å². The molecule has 1 aromatic heterocycles. The van der Waals surface area contributed by atoms with E-state index in [1.165, 1.54) is 0 Å². The van der Waals surface area contributed by atoms with Gasteiger partial charge in [0.25, 0.3) is 5.91 Å². The smallest absolute Gasteiger partial charge is 0.257 e. The number of methoxy groups -OCH3 is 2. The van der Waals surface area contributed by atoms with Gasteiger partial charge in [-0.1, -0.05) is 29.8 Å². The first kappa shape index (κ1) is 20.9. The number of amides is 1. The molecule has 7 nitrogen and oxygen atoms in total. The minimum atomic E-state index is -0.0698. The van der Waals surface area contributed by atoms with Crippen LogP contribution in [0, 0.1) is 0 Å². The first-order chi connectivity index (χ1) is 15.1. The first-order valence-electron chi connectivity index (χ1n) is 9.95. The Morgan fingerprint density at radius 3 is 2.26 bits per heavy atom. The molecular weight excluding hydrogens is 416 g/mol. The molecule has 0 bridgehead atoms. The van der Waals surface area contributed by atoms with Crippen LogP contribution in [-0.4, -0.2) is 61.4 Å². The number of benzene rings is 2. The molecule has 1 amide bonds. The summed E-state index contributed by atoms with van der Waals surface area (Å²) in [6, 6.07) is 16.7. The highest BCUT2D eigenvalue weighted by Crippen LogP contribution is 2.32. The second kappa shape index (κ2) is 9.22. The molecule has 0 N–H and O–H groups in total. The second-order valence-electron chi connectivity index (χ2n) is 7.10. The molecule has 1 aliphatic rings. The predicted octanol–water partition coefficient (Wildman–Crippen LogP) is 3.78. The lowest BCUT2D eigenvalue weighted by Gasteiger charge is -2.35. The highest BCUT2D eigenvalue weighted by Gasteiger charge is 2.26. The fraction of sp³-hybridized carbons (Fsp3) is 0.261. The molecule has 0 saturated carbocycles. The summed E-state index contributed by atoms with van der Waals surface area (Å²) < 4.78 is 10.7. The van der Waals surface area contributed by atoms with Crippen LogP contribution in [0.3, 0.4) is 0 Å². The maximum atomic E-state index is 13.1. The number of halogens is 1. The zero-order chi connectivity index (χ0) is 21.8. The van der Waals surface area contributed by atoms with Crippen molar-refractivity contribution in [3.8, 4) is 22.8 Å². The fourth-order valence-electron chi connectivity index (χ4n) is 3.63. The minimum absolute atomic E-state index is 0.0698. The summed E-state index contributed by atoms with van der Waals surface area (Å²) in [5.74, 6) is 1.73. The van der Waals surface area contributed by atoms with Gasteiger partial charge < -0.3 is 19.3 Å². The summed E-state index contributed by atoms with van der Waals surface area (Å²) in [5.41, 5.74) is 2.26. The van der Waals surface area contributed by atoms with Gasteiger partial charge in [0.05, 0.1) is 25.5 Å². The third kappa shape index (κ3) is 4.41. The topological polar surface area (TPSA) is 67.8 Å². The van der Waals surface area contributed by atoms with Crippen LogP contribution in [0.4, 0.5) is 5.82 Å². The average molecular weight is 439 g/mol. The molecule has 8 heteroatoms. The molecule has 2 heterocycles. The van der Waals surface area contributed by atoms with Crippen molar-refractivity contribution in [3.63, 3.8) is 0 Å². The average Bonchev–Trinajstić information content (AvgIpc) is 2.83. The van der Waals surface area contributed by atoms with Crippen molar-refractivity contribution in [1.29, 1.82) is 0 Å². The van der Waals surface area contributed by atoms with E-state index in [0.29, 0.717) is 48.3 Å². The van der Waals surface area contributed by atoms with Gasteiger partial charge in [0, 0.05) is 36.8 Å². The van der Waals surface area contributed by atoms with E-state index in [1.54, 1.807) is 32.4 Å². The maximum absolute atomic E-state index is 13.1. The van der Waals surface area contributed by atoms with Crippen molar-refractivity contribution in [2.45, 2.75) is 0 Å². The number of rotatable bonds is 5. The Balaban J connectivity index is 1.42. The van der Waals surface area contributed by atoms with Gasteiger partial charge in [-0.3, -0.25) is 4.79 Å². The van der Waals surface area contributed by atoms with Crippen molar-refractivity contribution in [3.05, 3.63) is 65.2 Å². The van der Waals surface area contributed by atoms with Crippen LogP contribution in [0.25, 0.3) is 11.3 Å². The SMILES string of the molecule is COc1cccc(C(=O)N2CCN(c3ccc(-c4ccc(Cl)cc4)nn3)CC2)c1OC. The van der Waals surface area contributed by atoms with Crippen molar-refractivity contribution < 1.29 is 14.3 Å². The number of para-hydroxylation sites is 1. The molecule has 4 rings (SSSR count). The van der Waals surface area contributed by atoms with Crippen LogP contribution in [0.5, 0.6) is 11.5 Å². The third-order valence-corrected chi connectivity index (χ3v) is 5.57. The number of hydrogen-bond donors (Lipinski definition) is 0. The summed E-state index contributed by atoms with van der Waals surface area (Å²) in [4.78, 5) is 17.0. The van der Waals surface area contributed by atoms with Crippen LogP contribution >= 0.6 is 11.6 Å². The highest BCUT2D eigenvalue weighted by atomic mass is 35.5. The predicted molar refractivity (Wildman–Crippen MR) is 120 cm³/mol. The van der Waals surface area contributed by atoms with Crippen molar-refractivity contribution >= 4 is 23.3 Å². The van der Waals surface area contributed by atoms with Gasteiger partial charge in [-0.05, 0) is 36.4 Å². The van der Waals surface area contributed by atoms with E-state index < -0.39 is 0 Å². The van der Waals surface area contributed by atoms with Gasteiger partial charge in [0.2, 0.25) is 0 Å². The first-order valence-corrected chi connectivity index (χ1v) is 10.3. The van der Waals surface area contributed by atoms with Crippen molar-refractivity contribution in [1.82, 2.24) is 15.1 Å². The Morgan fingerprint density at radius 2 is 1.65 bits per heavy atom. The fourth-order valence-corrected chi connectivity index (χ4v) is 3.76. The van der Waals surface area contributed by atoms with Gasteiger partial charge in [0.1, 0.15) is 0 Å². The standard InChI is InChI=1S/C23H23ClN4O3/c1-30-20-5-3-4-18(22(20)31-2)23(29)28-14-12-27(13-15-28)21-11-10-19(25-26-21)16-6-8-17(24)9-7-16/h3-11H,12-15H2,1-2H3. The Kier molecular flexibility index (Phi) is 6.23. The molecule has 0 radical (unpaired) electrons. The Morgan fingerprint density at radius 1 is 0.903 bits per heavy atom. The van der Waals surface area contributed by atoms with E-state index in [1.807, 2.05) is 41.3 Å². The number of aromatic nitrogens is 2. The molecule has 0 unspecified atom stereocenters. The molecule has 31 heavy (non-hydrogen) atoms. The van der Waals surface area contributed by atoms with Gasteiger partial charge in [0.15, 0.2) is 17.3 Å². The maximum Gasteiger partial charge on any atom is 0.257 e. The van der Waals surface area contributed by atoms with Crippen LogP contribution in [0.1, 0.15) is 10.4 Å². The summed E-state index contributed by atoms with van der Waals surface area (Å²) in [5, 5.41) is 9.42. The lowest BCUT2D eigenvalue weighted by molar-refractivity contribution is 0.0742. The van der Waals surface area contributed by atoms with Crippen molar-refractivity contribution in [2.24, 2.45) is 0 Å². The van der Waals surface area contributed by atoms with Crippen LogP contribution in [0.15, 0.2) is 54.6 Å². The van der Waals surface area contributed by atoms with Crippen LogP contribution in [0.2, 0.25) is 5.02 Å². The quantitative estimate of drug-likeness (QED) is 0.604. The van der Waals surface area contributed by atoms with Crippen molar-refractivity contribution in [2.75, 3.05) is 45.3 Å². The largest absolute Gasteiger partial charge is 0.493 e. The molecule has 2 aromatic carbocycles. The number of carbonyl (C=O) groups excluding carboxylic acids is 1. The number of carbonyl (C=O) groups is 1. The Hall–Kier alpha value is -3.32. The molecule has 1 aliphatic heterocycles. The highest BCUT2D eigenvalue weighted by molar-refractivity contribution is 6.30. The van der Waals surface area contributed by atoms with Gasteiger partial charge in [-0.25, -0.2) is 0 Å². The van der Waals surface area contributed by atoms with E-state index in [4.69, 9.17) is 21.1 Å². The molecule has 160 valence electrons. The molecule has 3 aromatic rings. The molecular formula is C23H23ClN4O3. The van der Waals surface area contributed by atoms with Gasteiger partial charge in [-0.2, -0.15) is 0 Å². The normalized spacial score (nSPS) is 13.8. The number of ether oxygens (including phenoxy) is 2. The molecule has 1 saturated heterocycles. The van der Waals surface area contributed by atoms with Crippen LogP contribution < -0.4 is 14.4 Å². The zero-order valence-corrected chi connectivity index (χ0v) is 18.2. The molecule has 0 atom stereocenters. The number of hydrogen-bond acceptors (Lipinski definition) is 6. The Labute approximate surface area is 186 Å². The molecule has 0 spiro atoms. The lowest BCUT2D eigenvalue weighted by atomic mass is 10.1. The second-order valence-corrected chi connectivity index (χ2v) is 7.54. The van der Waals surface area contributed by atoms with Gasteiger partial charge in [-0.15, -0.1) is 10.2 Å². The summed E-state index contributed by atoms with van der Waals surface area (Å²) >= 11 is 5.95. The molecule has 1 fully saturated rings. The van der Waals surface area contributed by atoms with Crippen LogP contribution in [-0.2, 0) is 0 Å². The van der Waals surface area contributed by atoms with E-state index in [2.05, 4.69) is 15.1 Å². The third-order valence-electron chi connectivity index (χ3n) is 5.31. The van der Waals surface area contributed by atoms with E-state index in [-0.39, 0.29) is 5.91 Å². The van der Waals surface area contributed by atoms with E-state index >= 15 is 0 Å². The summed E-state index contributed by atoms with van der Waals surface area (Å²) in [7, 11) is 3.10.